The summed E-state index contributed by atoms with van der Waals surface area (Å²) in [5.41, 5.74) is 5.58. The van der Waals surface area contributed by atoms with Crippen LogP contribution in [0.3, 0.4) is 0 Å². The molecule has 10 nitrogen and oxygen atoms in total. The van der Waals surface area contributed by atoms with Crippen LogP contribution in [0.5, 0.6) is 5.75 Å². The average molecular weight is 676 g/mol. The number of aryl methyl sites for hydroxylation is 1. The second kappa shape index (κ2) is 14.8. The van der Waals surface area contributed by atoms with E-state index in [-0.39, 0.29) is 30.3 Å². The van der Waals surface area contributed by atoms with E-state index in [0.717, 1.165) is 60.1 Å². The molecule has 2 N–H and O–H groups in total. The third kappa shape index (κ3) is 8.66. The fraction of sp³-hybridized carbons (Fsp3) is 0.541. The molecule has 258 valence electrons. The third-order valence-corrected chi connectivity index (χ3v) is 11.1. The highest BCUT2D eigenvalue weighted by atomic mass is 32.2. The van der Waals surface area contributed by atoms with Crippen molar-refractivity contribution < 1.29 is 22.7 Å². The summed E-state index contributed by atoms with van der Waals surface area (Å²) in [6, 6.07) is 15.3. The second-order valence-electron chi connectivity index (χ2n) is 14.1. The average Bonchev–Trinajstić information content (AvgIpc) is 3.82. The molecule has 2 aromatic carbocycles. The predicted octanol–water partition coefficient (Wildman–Crippen LogP) is 5.73. The first-order valence-electron chi connectivity index (χ1n) is 17.4. The monoisotopic (exact) mass is 675 g/mol. The summed E-state index contributed by atoms with van der Waals surface area (Å²) in [5.74, 6) is 1.51. The summed E-state index contributed by atoms with van der Waals surface area (Å²) in [5, 5.41) is 7.53. The van der Waals surface area contributed by atoms with Crippen LogP contribution in [0, 0.1) is 18.8 Å². The van der Waals surface area contributed by atoms with Gasteiger partial charge in [0, 0.05) is 36.0 Å². The van der Waals surface area contributed by atoms with Gasteiger partial charge in [0.05, 0.1) is 32.1 Å². The Morgan fingerprint density at radius 3 is 2.38 bits per heavy atom. The molecular weight excluding hydrogens is 627 g/mol. The normalized spacial score (nSPS) is 23.0. The minimum atomic E-state index is -3.44. The SMILES string of the molecule is COc1ccc(C2CCC(CN(C(=O)C3CCC(NC(=O)CNS(C)(=O)=O)CC3)c3cccc(-c4cnn(C5CC5)c4)c3)CC2)cc1C. The number of carbonyl (C=O) groups excluding carboxylic acids is 2. The van der Waals surface area contributed by atoms with Crippen LogP contribution in [0.15, 0.2) is 54.9 Å². The van der Waals surface area contributed by atoms with Gasteiger partial charge in [-0.25, -0.2) is 13.1 Å². The van der Waals surface area contributed by atoms with Crippen LogP contribution in [0.2, 0.25) is 0 Å². The van der Waals surface area contributed by atoms with Gasteiger partial charge in [0.2, 0.25) is 21.8 Å². The number of ether oxygens (including phenoxy) is 1. The molecule has 48 heavy (non-hydrogen) atoms. The number of hydrogen-bond donors (Lipinski definition) is 2. The Labute approximate surface area is 284 Å². The molecule has 0 spiro atoms. The molecule has 3 aliphatic rings. The second-order valence-corrected chi connectivity index (χ2v) is 15.9. The van der Waals surface area contributed by atoms with Crippen molar-refractivity contribution in [2.45, 2.75) is 89.1 Å². The van der Waals surface area contributed by atoms with E-state index in [4.69, 9.17) is 4.74 Å². The van der Waals surface area contributed by atoms with Crippen LogP contribution in [-0.4, -0.2) is 62.5 Å². The van der Waals surface area contributed by atoms with E-state index < -0.39 is 10.0 Å². The molecule has 3 saturated carbocycles. The van der Waals surface area contributed by atoms with Gasteiger partial charge in [-0.05, 0) is 118 Å². The van der Waals surface area contributed by atoms with E-state index >= 15 is 0 Å². The highest BCUT2D eigenvalue weighted by Gasteiger charge is 2.33. The predicted molar refractivity (Wildman–Crippen MR) is 187 cm³/mol. The number of rotatable bonds is 12. The van der Waals surface area contributed by atoms with Crippen molar-refractivity contribution in [1.82, 2.24) is 19.8 Å². The van der Waals surface area contributed by atoms with Crippen LogP contribution in [0.1, 0.15) is 87.3 Å². The van der Waals surface area contributed by atoms with Gasteiger partial charge >= 0.3 is 0 Å². The molecular formula is C37H49N5O5S. The first-order chi connectivity index (χ1) is 23.1. The van der Waals surface area contributed by atoms with Crippen LogP contribution >= 0.6 is 0 Å². The molecule has 1 aromatic heterocycles. The smallest absolute Gasteiger partial charge is 0.235 e. The number of hydrogen-bond acceptors (Lipinski definition) is 6. The summed E-state index contributed by atoms with van der Waals surface area (Å²) in [4.78, 5) is 28.7. The van der Waals surface area contributed by atoms with Crippen LogP contribution < -0.4 is 19.7 Å². The van der Waals surface area contributed by atoms with Crippen molar-refractivity contribution in [1.29, 1.82) is 0 Å². The molecule has 3 fully saturated rings. The highest BCUT2D eigenvalue weighted by Crippen LogP contribution is 2.39. The molecule has 3 aliphatic carbocycles. The molecule has 2 amide bonds. The molecule has 3 aromatic rings. The van der Waals surface area contributed by atoms with Gasteiger partial charge in [-0.2, -0.15) is 5.10 Å². The number of carbonyl (C=O) groups is 2. The number of benzene rings is 2. The van der Waals surface area contributed by atoms with Gasteiger partial charge in [0.15, 0.2) is 0 Å². The number of nitrogens with zero attached hydrogens (tertiary/aromatic N) is 3. The van der Waals surface area contributed by atoms with Crippen LogP contribution in [-0.2, 0) is 19.6 Å². The van der Waals surface area contributed by atoms with Gasteiger partial charge in [-0.15, -0.1) is 0 Å². The lowest BCUT2D eigenvalue weighted by Gasteiger charge is -2.36. The highest BCUT2D eigenvalue weighted by molar-refractivity contribution is 7.88. The topological polar surface area (TPSA) is 123 Å². The lowest BCUT2D eigenvalue weighted by molar-refractivity contribution is -0.123. The summed E-state index contributed by atoms with van der Waals surface area (Å²) in [6.45, 7) is 2.51. The number of nitrogens with one attached hydrogen (secondary N) is 2. The van der Waals surface area contributed by atoms with Gasteiger partial charge in [-0.3, -0.25) is 14.3 Å². The fourth-order valence-electron chi connectivity index (χ4n) is 7.47. The number of methoxy groups -OCH3 is 1. The molecule has 11 heteroatoms. The third-order valence-electron chi connectivity index (χ3n) is 10.4. The molecule has 0 aliphatic heterocycles. The van der Waals surface area contributed by atoms with Crippen molar-refractivity contribution in [2.75, 3.05) is 31.4 Å². The molecule has 0 atom stereocenters. The van der Waals surface area contributed by atoms with Crippen molar-refractivity contribution in [3.05, 3.63) is 66.0 Å². The number of amides is 2. The van der Waals surface area contributed by atoms with Gasteiger partial charge in [-0.1, -0.05) is 24.3 Å². The van der Waals surface area contributed by atoms with Crippen molar-refractivity contribution in [3.8, 4) is 16.9 Å². The van der Waals surface area contributed by atoms with E-state index in [0.29, 0.717) is 50.1 Å². The van der Waals surface area contributed by atoms with E-state index in [1.165, 1.54) is 18.4 Å². The van der Waals surface area contributed by atoms with E-state index in [9.17, 15) is 18.0 Å². The molecule has 0 unspecified atom stereocenters. The molecule has 6 rings (SSSR count). The largest absolute Gasteiger partial charge is 0.496 e. The lowest BCUT2D eigenvalue weighted by atomic mass is 9.78. The van der Waals surface area contributed by atoms with Gasteiger partial charge in [0.1, 0.15) is 5.75 Å². The molecule has 0 radical (unpaired) electrons. The zero-order chi connectivity index (χ0) is 33.8. The quantitative estimate of drug-likeness (QED) is 0.253. The van der Waals surface area contributed by atoms with Crippen LogP contribution in [0.25, 0.3) is 11.1 Å². The van der Waals surface area contributed by atoms with E-state index in [1.54, 1.807) is 7.11 Å². The Balaban J connectivity index is 1.14. The fourth-order valence-corrected chi connectivity index (χ4v) is 7.87. The maximum Gasteiger partial charge on any atom is 0.235 e. The Hall–Kier alpha value is -3.70. The maximum atomic E-state index is 14.4. The van der Waals surface area contributed by atoms with Crippen molar-refractivity contribution in [3.63, 3.8) is 0 Å². The Bertz CT molecular complexity index is 1700. The molecule has 1 heterocycles. The van der Waals surface area contributed by atoms with Gasteiger partial charge in [0.25, 0.3) is 0 Å². The van der Waals surface area contributed by atoms with E-state index in [2.05, 4.69) is 69.3 Å². The summed E-state index contributed by atoms with van der Waals surface area (Å²) >= 11 is 0. The Morgan fingerprint density at radius 1 is 0.958 bits per heavy atom. The zero-order valence-corrected chi connectivity index (χ0v) is 29.2. The lowest BCUT2D eigenvalue weighted by Crippen LogP contribution is -2.46. The first kappa shape index (κ1) is 34.2. The maximum absolute atomic E-state index is 14.4. The number of sulfonamides is 1. The summed E-state index contributed by atoms with van der Waals surface area (Å²) in [6.07, 6.45) is 14.5. The van der Waals surface area contributed by atoms with Crippen LogP contribution in [0.4, 0.5) is 5.69 Å². The number of aromatic nitrogens is 2. The minimum absolute atomic E-state index is 0.0699. The standard InChI is InChI=1S/C37H49N5O5S/c1-25-19-30(13-18-35(25)47-2)27-9-7-26(8-10-27)23-41(34-6-4-5-29(20-34)31-21-38-42(24-31)33-16-17-33)37(44)28-11-14-32(15-12-28)40-36(43)22-39-48(3,45)46/h4-6,13,18-21,24,26-28,32-33,39H,7-12,14-17,22-23H2,1-3H3,(H,40,43). The summed E-state index contributed by atoms with van der Waals surface area (Å²) < 4.78 is 32.5. The Morgan fingerprint density at radius 2 is 1.71 bits per heavy atom. The molecule has 0 saturated heterocycles. The Kier molecular flexibility index (Phi) is 10.6. The van der Waals surface area contributed by atoms with E-state index in [1.807, 2.05) is 17.2 Å². The minimum Gasteiger partial charge on any atom is -0.496 e. The van der Waals surface area contributed by atoms with Crippen molar-refractivity contribution in [2.24, 2.45) is 11.8 Å². The number of anilines is 1. The van der Waals surface area contributed by atoms with Crippen molar-refractivity contribution >= 4 is 27.5 Å². The molecule has 0 bridgehead atoms. The van der Waals surface area contributed by atoms with Gasteiger partial charge < -0.3 is 15.0 Å². The summed E-state index contributed by atoms with van der Waals surface area (Å²) in [7, 11) is -1.73. The zero-order valence-electron chi connectivity index (χ0n) is 28.4. The first-order valence-corrected chi connectivity index (χ1v) is 19.3.